The molecule has 2 rings (SSSR count). The van der Waals surface area contributed by atoms with Crippen molar-refractivity contribution < 1.29 is 13.9 Å². The molecule has 4 nitrogen and oxygen atoms in total. The van der Waals surface area contributed by atoms with Crippen molar-refractivity contribution in [2.75, 3.05) is 18.2 Å². The second kappa shape index (κ2) is 5.92. The van der Waals surface area contributed by atoms with Gasteiger partial charge < -0.3 is 15.8 Å². The summed E-state index contributed by atoms with van der Waals surface area (Å²) in [7, 11) is 1.48. The molecule has 0 aliphatic heterocycles. The summed E-state index contributed by atoms with van der Waals surface area (Å²) < 4.78 is 18.5. The fourth-order valence-corrected chi connectivity index (χ4v) is 2.21. The third kappa shape index (κ3) is 3.08. The van der Waals surface area contributed by atoms with Crippen molar-refractivity contribution in [2.24, 2.45) is 0 Å². The Labute approximate surface area is 123 Å². The molecular formula is C14H12BrFN2O2. The van der Waals surface area contributed by atoms with E-state index >= 15 is 0 Å². The number of nitrogen functional groups attached to an aromatic ring is 1. The first-order chi connectivity index (χ1) is 9.51. The average Bonchev–Trinajstić information content (AvgIpc) is 2.40. The molecule has 0 aliphatic rings. The Morgan fingerprint density at radius 3 is 2.70 bits per heavy atom. The van der Waals surface area contributed by atoms with Crippen molar-refractivity contribution >= 4 is 33.2 Å². The van der Waals surface area contributed by atoms with Gasteiger partial charge in [0.15, 0.2) is 0 Å². The van der Waals surface area contributed by atoms with Crippen LogP contribution in [0.25, 0.3) is 0 Å². The summed E-state index contributed by atoms with van der Waals surface area (Å²) in [5.41, 5.74) is 6.99. The van der Waals surface area contributed by atoms with Crippen LogP contribution >= 0.6 is 15.9 Å². The molecule has 2 aromatic rings. The number of rotatable bonds is 3. The lowest BCUT2D eigenvalue weighted by Gasteiger charge is -2.11. The first-order valence-electron chi connectivity index (χ1n) is 5.71. The number of nitrogens with one attached hydrogen (secondary N) is 1. The van der Waals surface area contributed by atoms with Crippen LogP contribution in [-0.2, 0) is 0 Å². The van der Waals surface area contributed by atoms with Crippen molar-refractivity contribution in [3.05, 3.63) is 52.3 Å². The molecule has 0 spiro atoms. The fourth-order valence-electron chi connectivity index (χ4n) is 1.67. The smallest absolute Gasteiger partial charge is 0.256 e. The minimum Gasteiger partial charge on any atom is -0.494 e. The average molecular weight is 339 g/mol. The molecule has 0 aromatic heterocycles. The van der Waals surface area contributed by atoms with Crippen molar-refractivity contribution in [3.63, 3.8) is 0 Å². The number of carbonyl (C=O) groups is 1. The number of methoxy groups -OCH3 is 1. The second-order valence-electron chi connectivity index (χ2n) is 4.04. The molecule has 0 unspecified atom stereocenters. The zero-order valence-corrected chi connectivity index (χ0v) is 12.2. The minimum absolute atomic E-state index is 0.324. The maximum absolute atomic E-state index is 13.0. The summed E-state index contributed by atoms with van der Waals surface area (Å²) in [6, 6.07) is 8.75. The number of benzene rings is 2. The molecule has 0 bridgehead atoms. The topological polar surface area (TPSA) is 64.3 Å². The molecular weight excluding hydrogens is 327 g/mol. The van der Waals surface area contributed by atoms with E-state index in [9.17, 15) is 9.18 Å². The van der Waals surface area contributed by atoms with Gasteiger partial charge in [0, 0.05) is 16.2 Å². The monoisotopic (exact) mass is 338 g/mol. The quantitative estimate of drug-likeness (QED) is 0.842. The molecule has 104 valence electrons. The minimum atomic E-state index is -0.418. The molecule has 0 fully saturated rings. The molecule has 0 radical (unpaired) electrons. The number of anilines is 2. The van der Waals surface area contributed by atoms with Gasteiger partial charge in [-0.1, -0.05) is 0 Å². The van der Waals surface area contributed by atoms with Crippen LogP contribution in [0.2, 0.25) is 0 Å². The summed E-state index contributed by atoms with van der Waals surface area (Å²) in [5.74, 6) is -0.338. The van der Waals surface area contributed by atoms with Gasteiger partial charge >= 0.3 is 0 Å². The highest BCUT2D eigenvalue weighted by Gasteiger charge is 2.13. The molecule has 6 heteroatoms. The van der Waals surface area contributed by atoms with Gasteiger partial charge in [-0.3, -0.25) is 4.79 Å². The first-order valence-corrected chi connectivity index (χ1v) is 6.50. The Morgan fingerprint density at radius 2 is 2.05 bits per heavy atom. The molecule has 0 aliphatic carbocycles. The number of amides is 1. The second-order valence-corrected chi connectivity index (χ2v) is 4.89. The number of ether oxygens (including phenoxy) is 1. The van der Waals surface area contributed by atoms with Gasteiger partial charge in [-0.2, -0.15) is 0 Å². The maximum Gasteiger partial charge on any atom is 0.256 e. The van der Waals surface area contributed by atoms with Crippen molar-refractivity contribution in [1.82, 2.24) is 0 Å². The Morgan fingerprint density at radius 1 is 1.30 bits per heavy atom. The Hall–Kier alpha value is -2.08. The lowest BCUT2D eigenvalue weighted by molar-refractivity contribution is 0.102. The molecule has 20 heavy (non-hydrogen) atoms. The summed E-state index contributed by atoms with van der Waals surface area (Å²) in [6.45, 7) is 0. The highest BCUT2D eigenvalue weighted by molar-refractivity contribution is 9.10. The summed E-state index contributed by atoms with van der Waals surface area (Å²) in [5, 5.41) is 2.69. The molecule has 0 atom stereocenters. The van der Waals surface area contributed by atoms with Crippen molar-refractivity contribution in [2.45, 2.75) is 0 Å². The Bertz CT molecular complexity index is 662. The van der Waals surface area contributed by atoms with Gasteiger partial charge in [-0.05, 0) is 46.3 Å². The molecule has 1 amide bonds. The van der Waals surface area contributed by atoms with Crippen molar-refractivity contribution in [3.8, 4) is 5.75 Å². The van der Waals surface area contributed by atoms with E-state index in [0.717, 1.165) is 0 Å². The summed E-state index contributed by atoms with van der Waals surface area (Å²) >= 11 is 3.16. The third-order valence-electron chi connectivity index (χ3n) is 2.65. The number of nitrogens with two attached hydrogens (primary N) is 1. The van der Waals surface area contributed by atoms with Gasteiger partial charge in [0.05, 0.1) is 18.4 Å². The van der Waals surface area contributed by atoms with Gasteiger partial charge in [-0.25, -0.2) is 4.39 Å². The highest BCUT2D eigenvalue weighted by Crippen LogP contribution is 2.28. The largest absolute Gasteiger partial charge is 0.494 e. The number of hydrogen-bond acceptors (Lipinski definition) is 3. The predicted molar refractivity (Wildman–Crippen MR) is 79.5 cm³/mol. The summed E-state index contributed by atoms with van der Waals surface area (Å²) in [6.07, 6.45) is 0. The van der Waals surface area contributed by atoms with Crippen LogP contribution < -0.4 is 15.8 Å². The Balaban J connectivity index is 2.28. The summed E-state index contributed by atoms with van der Waals surface area (Å²) in [4.78, 5) is 12.1. The molecule has 0 saturated carbocycles. The van der Waals surface area contributed by atoms with Gasteiger partial charge in [0.1, 0.15) is 11.6 Å². The van der Waals surface area contributed by atoms with E-state index < -0.39 is 5.82 Å². The van der Waals surface area contributed by atoms with Crippen molar-refractivity contribution in [1.29, 1.82) is 0 Å². The molecule has 2 aromatic carbocycles. The molecule has 0 saturated heterocycles. The van der Waals surface area contributed by atoms with E-state index in [0.29, 0.717) is 27.2 Å². The predicted octanol–water partition coefficient (Wildman–Crippen LogP) is 3.43. The van der Waals surface area contributed by atoms with E-state index in [1.807, 2.05) is 0 Å². The number of halogens is 2. The highest BCUT2D eigenvalue weighted by atomic mass is 79.9. The van der Waals surface area contributed by atoms with Crippen LogP contribution in [0, 0.1) is 5.82 Å². The van der Waals surface area contributed by atoms with Crippen LogP contribution in [-0.4, -0.2) is 13.0 Å². The van der Waals surface area contributed by atoms with E-state index in [-0.39, 0.29) is 5.91 Å². The zero-order chi connectivity index (χ0) is 14.7. The fraction of sp³-hybridized carbons (Fsp3) is 0.0714. The lowest BCUT2D eigenvalue weighted by atomic mass is 10.2. The van der Waals surface area contributed by atoms with Crippen LogP contribution in [0.4, 0.5) is 15.8 Å². The Kier molecular flexibility index (Phi) is 4.24. The maximum atomic E-state index is 13.0. The van der Waals surface area contributed by atoms with E-state index in [1.165, 1.54) is 25.3 Å². The van der Waals surface area contributed by atoms with Crippen LogP contribution in [0.1, 0.15) is 10.4 Å². The zero-order valence-electron chi connectivity index (χ0n) is 10.6. The van der Waals surface area contributed by atoms with E-state index in [2.05, 4.69) is 21.2 Å². The first kappa shape index (κ1) is 14.3. The van der Waals surface area contributed by atoms with E-state index in [1.54, 1.807) is 18.2 Å². The van der Waals surface area contributed by atoms with Crippen LogP contribution in [0.5, 0.6) is 5.75 Å². The standard InChI is InChI=1S/C14H12BrFN2O2/c1-20-13-7-9(17)3-5-12(13)18-14(19)10-4-2-8(16)6-11(10)15/h2-7H,17H2,1H3,(H,18,19). The normalized spacial score (nSPS) is 10.2. The van der Waals surface area contributed by atoms with Crippen LogP contribution in [0.3, 0.4) is 0 Å². The molecule has 0 heterocycles. The third-order valence-corrected chi connectivity index (χ3v) is 3.31. The van der Waals surface area contributed by atoms with E-state index in [4.69, 9.17) is 10.5 Å². The van der Waals surface area contributed by atoms with Gasteiger partial charge in [-0.15, -0.1) is 0 Å². The number of hydrogen-bond donors (Lipinski definition) is 2. The lowest BCUT2D eigenvalue weighted by Crippen LogP contribution is -2.13. The van der Waals surface area contributed by atoms with Gasteiger partial charge in [0.2, 0.25) is 0 Å². The van der Waals surface area contributed by atoms with Gasteiger partial charge in [0.25, 0.3) is 5.91 Å². The number of carbonyl (C=O) groups excluding carboxylic acids is 1. The van der Waals surface area contributed by atoms with Crippen LogP contribution in [0.15, 0.2) is 40.9 Å². The SMILES string of the molecule is COc1cc(N)ccc1NC(=O)c1ccc(F)cc1Br. The molecule has 3 N–H and O–H groups in total.